The van der Waals surface area contributed by atoms with Crippen LogP contribution >= 0.6 is 0 Å². The Morgan fingerprint density at radius 2 is 1.92 bits per heavy atom. The number of pyridine rings is 2. The van der Waals surface area contributed by atoms with Gasteiger partial charge in [0.05, 0.1) is 17.6 Å². The minimum atomic E-state index is -4.48. The first-order valence-corrected chi connectivity index (χ1v) is 7.46. The average molecular weight is 345 g/mol. The van der Waals surface area contributed by atoms with Gasteiger partial charge in [0.25, 0.3) is 0 Å². The van der Waals surface area contributed by atoms with Gasteiger partial charge in [-0.2, -0.15) is 13.2 Å². The molecule has 0 aliphatic heterocycles. The molecule has 1 amide bonds. The molecule has 0 saturated heterocycles. The second-order valence-electron chi connectivity index (χ2n) is 5.75. The summed E-state index contributed by atoms with van der Waals surface area (Å²) >= 11 is 0. The van der Waals surface area contributed by atoms with E-state index in [0.717, 1.165) is 28.8 Å². The lowest BCUT2D eigenvalue weighted by Gasteiger charge is -2.09. The molecule has 3 aromatic rings. The van der Waals surface area contributed by atoms with E-state index in [2.05, 4.69) is 9.97 Å². The van der Waals surface area contributed by atoms with Crippen molar-refractivity contribution in [3.63, 3.8) is 0 Å². The van der Waals surface area contributed by atoms with E-state index in [1.165, 1.54) is 6.07 Å². The van der Waals surface area contributed by atoms with Gasteiger partial charge in [-0.3, -0.25) is 9.78 Å². The van der Waals surface area contributed by atoms with Gasteiger partial charge in [-0.15, -0.1) is 0 Å². The number of aryl methyl sites for hydroxylation is 1. The zero-order chi connectivity index (χ0) is 18.2. The summed E-state index contributed by atoms with van der Waals surface area (Å²) in [5, 5.41) is 0.900. The minimum absolute atomic E-state index is 0.0999. The number of aromatic nitrogens is 2. The fourth-order valence-corrected chi connectivity index (χ4v) is 2.62. The minimum Gasteiger partial charge on any atom is -0.369 e. The van der Waals surface area contributed by atoms with Crippen molar-refractivity contribution in [2.75, 3.05) is 0 Å². The van der Waals surface area contributed by atoms with Crippen molar-refractivity contribution < 1.29 is 18.0 Å². The molecule has 0 aliphatic rings. The van der Waals surface area contributed by atoms with Crippen LogP contribution in [0.2, 0.25) is 0 Å². The van der Waals surface area contributed by atoms with Crippen molar-refractivity contribution in [1.82, 2.24) is 9.97 Å². The number of alkyl halides is 3. The molecule has 0 unspecified atom stereocenters. The molecule has 0 fully saturated rings. The Morgan fingerprint density at radius 1 is 1.16 bits per heavy atom. The molecular formula is C18H14F3N3O. The van der Waals surface area contributed by atoms with Crippen LogP contribution < -0.4 is 5.73 Å². The number of hydrogen-bond acceptors (Lipinski definition) is 3. The topological polar surface area (TPSA) is 68.9 Å². The van der Waals surface area contributed by atoms with E-state index in [-0.39, 0.29) is 6.42 Å². The lowest BCUT2D eigenvalue weighted by molar-refractivity contribution is -0.141. The third-order valence-corrected chi connectivity index (χ3v) is 3.81. The van der Waals surface area contributed by atoms with Crippen LogP contribution in [0.15, 0.2) is 42.6 Å². The maximum Gasteiger partial charge on any atom is 0.433 e. The predicted molar refractivity (Wildman–Crippen MR) is 87.6 cm³/mol. The summed E-state index contributed by atoms with van der Waals surface area (Å²) in [6, 6.07) is 9.48. The van der Waals surface area contributed by atoms with E-state index in [1.807, 2.05) is 13.0 Å². The van der Waals surface area contributed by atoms with Gasteiger partial charge in [0.1, 0.15) is 5.69 Å². The third-order valence-electron chi connectivity index (χ3n) is 3.81. The summed E-state index contributed by atoms with van der Waals surface area (Å²) in [7, 11) is 0. The maximum atomic E-state index is 12.6. The van der Waals surface area contributed by atoms with Gasteiger partial charge in [0.15, 0.2) is 0 Å². The first-order valence-electron chi connectivity index (χ1n) is 7.46. The second kappa shape index (κ2) is 6.16. The maximum absolute atomic E-state index is 12.6. The van der Waals surface area contributed by atoms with E-state index in [0.29, 0.717) is 16.8 Å². The zero-order valence-electron chi connectivity index (χ0n) is 13.3. The molecule has 2 N–H and O–H groups in total. The van der Waals surface area contributed by atoms with Crippen LogP contribution in [0, 0.1) is 6.92 Å². The number of nitrogens with two attached hydrogens (primary N) is 1. The summed E-state index contributed by atoms with van der Waals surface area (Å²) in [6.45, 7) is 1.89. The normalized spacial score (nSPS) is 11.7. The van der Waals surface area contributed by atoms with Crippen molar-refractivity contribution in [3.8, 4) is 11.3 Å². The first-order chi connectivity index (χ1) is 11.7. The molecule has 0 radical (unpaired) electrons. The molecule has 2 heterocycles. The predicted octanol–water partition coefficient (Wildman–Crippen LogP) is 3.65. The fraction of sp³-hybridized carbons (Fsp3) is 0.167. The van der Waals surface area contributed by atoms with Gasteiger partial charge in [-0.25, -0.2) is 4.98 Å². The van der Waals surface area contributed by atoms with Crippen molar-refractivity contribution in [2.24, 2.45) is 5.73 Å². The van der Waals surface area contributed by atoms with Gasteiger partial charge in [0, 0.05) is 17.1 Å². The summed E-state index contributed by atoms with van der Waals surface area (Å²) < 4.78 is 37.9. The zero-order valence-corrected chi connectivity index (χ0v) is 13.3. The number of hydrogen-bond donors (Lipinski definition) is 1. The summed E-state index contributed by atoms with van der Waals surface area (Å²) in [5.74, 6) is -0.445. The van der Waals surface area contributed by atoms with E-state index in [1.54, 1.807) is 18.2 Å². The first kappa shape index (κ1) is 16.9. The highest BCUT2D eigenvalue weighted by Gasteiger charge is 2.32. The number of rotatable bonds is 3. The second-order valence-corrected chi connectivity index (χ2v) is 5.75. The number of amides is 1. The summed E-state index contributed by atoms with van der Waals surface area (Å²) in [4.78, 5) is 19.0. The number of carbonyl (C=O) groups is 1. The highest BCUT2D eigenvalue weighted by atomic mass is 19.4. The third kappa shape index (κ3) is 3.60. The van der Waals surface area contributed by atoms with Crippen LogP contribution in [0.1, 0.15) is 16.8 Å². The number of carbonyl (C=O) groups excluding carboxylic acids is 1. The molecule has 0 atom stereocenters. The molecule has 0 saturated carbocycles. The van der Waals surface area contributed by atoms with E-state index in [4.69, 9.17) is 5.73 Å². The Bertz CT molecular complexity index is 950. The van der Waals surface area contributed by atoms with E-state index >= 15 is 0 Å². The number of benzene rings is 1. The number of fused-ring (bicyclic) bond motifs is 1. The van der Waals surface area contributed by atoms with Crippen LogP contribution in [0.25, 0.3) is 22.2 Å². The number of halogens is 3. The smallest absolute Gasteiger partial charge is 0.369 e. The molecule has 3 rings (SSSR count). The van der Waals surface area contributed by atoms with Crippen LogP contribution in [0.5, 0.6) is 0 Å². The van der Waals surface area contributed by atoms with Crippen LogP contribution in [0.4, 0.5) is 13.2 Å². The molecule has 4 nitrogen and oxygen atoms in total. The Hall–Kier alpha value is -2.96. The largest absolute Gasteiger partial charge is 0.433 e. The molecule has 2 aromatic heterocycles. The monoisotopic (exact) mass is 345 g/mol. The van der Waals surface area contributed by atoms with Gasteiger partial charge < -0.3 is 5.73 Å². The number of nitrogens with zero attached hydrogens (tertiary/aromatic N) is 2. The molecule has 0 spiro atoms. The Balaban J connectivity index is 2.05. The van der Waals surface area contributed by atoms with Crippen molar-refractivity contribution >= 4 is 16.8 Å². The van der Waals surface area contributed by atoms with Crippen molar-refractivity contribution in [2.45, 2.75) is 19.5 Å². The Labute approximate surface area is 141 Å². The molecule has 7 heteroatoms. The Kier molecular flexibility index (Phi) is 4.16. The van der Waals surface area contributed by atoms with Crippen LogP contribution in [0.3, 0.4) is 0 Å². The molecule has 1 aromatic carbocycles. The molecule has 25 heavy (non-hydrogen) atoms. The fourth-order valence-electron chi connectivity index (χ4n) is 2.62. The van der Waals surface area contributed by atoms with Gasteiger partial charge in [0.2, 0.25) is 5.91 Å². The highest BCUT2D eigenvalue weighted by molar-refractivity contribution is 5.86. The lowest BCUT2D eigenvalue weighted by atomic mass is 10.0. The van der Waals surface area contributed by atoms with Crippen molar-refractivity contribution in [3.05, 3.63) is 59.4 Å². The van der Waals surface area contributed by atoms with Crippen molar-refractivity contribution in [1.29, 1.82) is 0 Å². The standard InChI is InChI=1S/C18H14F3N3O/c1-10-6-14(12-3-5-16(23-9-12)18(19,20)21)24-15-7-11(8-17(22)25)2-4-13(10)15/h2-7,9H,8H2,1H3,(H2,22,25). The van der Waals surface area contributed by atoms with Gasteiger partial charge >= 0.3 is 6.18 Å². The van der Waals surface area contributed by atoms with Crippen LogP contribution in [-0.2, 0) is 17.4 Å². The number of primary amides is 1. The highest BCUT2D eigenvalue weighted by Crippen LogP contribution is 2.30. The summed E-state index contributed by atoms with van der Waals surface area (Å²) in [5.41, 5.74) is 7.56. The molecule has 128 valence electrons. The van der Waals surface area contributed by atoms with E-state index in [9.17, 15) is 18.0 Å². The van der Waals surface area contributed by atoms with Gasteiger partial charge in [-0.1, -0.05) is 12.1 Å². The molecule has 0 bridgehead atoms. The molecule has 0 aliphatic carbocycles. The molecular weight excluding hydrogens is 331 g/mol. The van der Waals surface area contributed by atoms with Crippen LogP contribution in [-0.4, -0.2) is 15.9 Å². The van der Waals surface area contributed by atoms with E-state index < -0.39 is 17.8 Å². The quantitative estimate of drug-likeness (QED) is 0.788. The summed E-state index contributed by atoms with van der Waals surface area (Å²) in [6.07, 6.45) is -3.22. The Morgan fingerprint density at radius 3 is 2.52 bits per heavy atom. The lowest BCUT2D eigenvalue weighted by Crippen LogP contribution is -2.13. The van der Waals surface area contributed by atoms with Gasteiger partial charge in [-0.05, 0) is 42.3 Å². The SMILES string of the molecule is Cc1cc(-c2ccc(C(F)(F)F)nc2)nc2cc(CC(N)=O)ccc12. The average Bonchev–Trinajstić information content (AvgIpc) is 2.53.